The van der Waals surface area contributed by atoms with Crippen molar-refractivity contribution in [3.05, 3.63) is 35.4 Å². The zero-order valence-corrected chi connectivity index (χ0v) is 12.6. The Kier molecular flexibility index (Phi) is 5.91. The number of unbranched alkanes of at least 4 members (excludes halogenated alkanes) is 1. The molecule has 1 aromatic rings. The SMILES string of the molecule is CC(C)CNCCCCC1CCCc2ccccc21. The Balaban J connectivity index is 1.70. The highest BCUT2D eigenvalue weighted by Crippen LogP contribution is 2.34. The van der Waals surface area contributed by atoms with Crippen LogP contribution in [0.1, 0.15) is 63.0 Å². The first-order chi connectivity index (χ1) is 9.27. The minimum Gasteiger partial charge on any atom is -0.316 e. The summed E-state index contributed by atoms with van der Waals surface area (Å²) in [4.78, 5) is 0. The van der Waals surface area contributed by atoms with Gasteiger partial charge in [0.2, 0.25) is 0 Å². The van der Waals surface area contributed by atoms with Crippen LogP contribution in [0.15, 0.2) is 24.3 Å². The van der Waals surface area contributed by atoms with Crippen LogP contribution in [-0.4, -0.2) is 13.1 Å². The standard InChI is InChI=1S/C18H29N/c1-15(2)14-19-13-6-5-9-17-11-7-10-16-8-3-4-12-18(16)17/h3-4,8,12,15,17,19H,5-7,9-11,13-14H2,1-2H3. The molecule has 0 aromatic heterocycles. The molecule has 1 atom stereocenters. The van der Waals surface area contributed by atoms with Gasteiger partial charge in [-0.25, -0.2) is 0 Å². The highest BCUT2D eigenvalue weighted by atomic mass is 14.8. The highest BCUT2D eigenvalue weighted by molar-refractivity contribution is 5.32. The van der Waals surface area contributed by atoms with E-state index in [2.05, 4.69) is 43.4 Å². The summed E-state index contributed by atoms with van der Waals surface area (Å²) >= 11 is 0. The molecule has 1 N–H and O–H groups in total. The van der Waals surface area contributed by atoms with Gasteiger partial charge in [0.15, 0.2) is 0 Å². The lowest BCUT2D eigenvalue weighted by Gasteiger charge is -2.25. The van der Waals surface area contributed by atoms with E-state index >= 15 is 0 Å². The topological polar surface area (TPSA) is 12.0 Å². The Morgan fingerprint density at radius 1 is 1.21 bits per heavy atom. The van der Waals surface area contributed by atoms with Crippen molar-refractivity contribution in [2.45, 2.75) is 58.3 Å². The van der Waals surface area contributed by atoms with Crippen LogP contribution in [0.2, 0.25) is 0 Å². The first kappa shape index (κ1) is 14.6. The molecule has 0 aliphatic heterocycles. The maximum absolute atomic E-state index is 3.54. The first-order valence-electron chi connectivity index (χ1n) is 8.06. The van der Waals surface area contributed by atoms with E-state index in [9.17, 15) is 0 Å². The Bertz CT molecular complexity index is 370. The van der Waals surface area contributed by atoms with Crippen molar-refractivity contribution in [1.29, 1.82) is 0 Å². The summed E-state index contributed by atoms with van der Waals surface area (Å²) in [7, 11) is 0. The van der Waals surface area contributed by atoms with Gasteiger partial charge in [-0.05, 0) is 68.2 Å². The van der Waals surface area contributed by atoms with Crippen molar-refractivity contribution in [3.63, 3.8) is 0 Å². The van der Waals surface area contributed by atoms with Crippen LogP contribution in [-0.2, 0) is 6.42 Å². The summed E-state index contributed by atoms with van der Waals surface area (Å²) in [6.45, 7) is 6.89. The van der Waals surface area contributed by atoms with E-state index in [0.29, 0.717) is 0 Å². The molecular formula is C18H29N. The van der Waals surface area contributed by atoms with Gasteiger partial charge >= 0.3 is 0 Å². The van der Waals surface area contributed by atoms with Gasteiger partial charge in [0.25, 0.3) is 0 Å². The van der Waals surface area contributed by atoms with Crippen molar-refractivity contribution >= 4 is 0 Å². The average molecular weight is 259 g/mol. The van der Waals surface area contributed by atoms with E-state index in [1.807, 2.05) is 0 Å². The summed E-state index contributed by atoms with van der Waals surface area (Å²) < 4.78 is 0. The zero-order valence-electron chi connectivity index (χ0n) is 12.6. The molecule has 19 heavy (non-hydrogen) atoms. The fourth-order valence-corrected chi connectivity index (χ4v) is 3.19. The third-order valence-corrected chi connectivity index (χ3v) is 4.20. The van der Waals surface area contributed by atoms with E-state index in [0.717, 1.165) is 18.4 Å². The molecule has 0 heterocycles. The van der Waals surface area contributed by atoms with E-state index < -0.39 is 0 Å². The third-order valence-electron chi connectivity index (χ3n) is 4.20. The van der Waals surface area contributed by atoms with Crippen molar-refractivity contribution in [2.24, 2.45) is 5.92 Å². The molecule has 0 saturated carbocycles. The van der Waals surface area contributed by atoms with Crippen molar-refractivity contribution in [3.8, 4) is 0 Å². The summed E-state index contributed by atoms with van der Waals surface area (Å²) in [5.74, 6) is 1.60. The molecule has 1 aliphatic rings. The number of aryl methyl sites for hydroxylation is 1. The zero-order chi connectivity index (χ0) is 13.5. The molecule has 0 fully saturated rings. The van der Waals surface area contributed by atoms with Crippen LogP contribution in [0, 0.1) is 5.92 Å². The average Bonchev–Trinajstić information content (AvgIpc) is 2.42. The Hall–Kier alpha value is -0.820. The lowest BCUT2D eigenvalue weighted by Crippen LogP contribution is -2.20. The summed E-state index contributed by atoms with van der Waals surface area (Å²) in [6, 6.07) is 9.08. The largest absolute Gasteiger partial charge is 0.316 e. The number of fused-ring (bicyclic) bond motifs is 1. The molecule has 0 saturated heterocycles. The molecule has 106 valence electrons. The van der Waals surface area contributed by atoms with Gasteiger partial charge in [-0.3, -0.25) is 0 Å². The molecular weight excluding hydrogens is 230 g/mol. The molecule has 0 radical (unpaired) electrons. The van der Waals surface area contributed by atoms with Gasteiger partial charge in [0.1, 0.15) is 0 Å². The number of benzene rings is 1. The molecule has 0 spiro atoms. The molecule has 2 rings (SSSR count). The van der Waals surface area contributed by atoms with Crippen LogP contribution in [0.25, 0.3) is 0 Å². The lowest BCUT2D eigenvalue weighted by molar-refractivity contribution is 0.478. The molecule has 1 heteroatoms. The van der Waals surface area contributed by atoms with Crippen LogP contribution >= 0.6 is 0 Å². The van der Waals surface area contributed by atoms with E-state index in [-0.39, 0.29) is 0 Å². The minimum atomic E-state index is 0.769. The second kappa shape index (κ2) is 7.69. The molecule has 1 unspecified atom stereocenters. The Morgan fingerprint density at radius 3 is 2.89 bits per heavy atom. The summed E-state index contributed by atoms with van der Waals surface area (Å²) in [6.07, 6.45) is 8.14. The summed E-state index contributed by atoms with van der Waals surface area (Å²) in [5.41, 5.74) is 3.25. The van der Waals surface area contributed by atoms with Crippen molar-refractivity contribution in [2.75, 3.05) is 13.1 Å². The molecule has 0 bridgehead atoms. The minimum absolute atomic E-state index is 0.769. The van der Waals surface area contributed by atoms with Crippen molar-refractivity contribution < 1.29 is 0 Å². The van der Waals surface area contributed by atoms with E-state index in [1.54, 1.807) is 11.1 Å². The molecule has 1 aliphatic carbocycles. The van der Waals surface area contributed by atoms with Gasteiger partial charge in [0.05, 0.1) is 0 Å². The van der Waals surface area contributed by atoms with Crippen LogP contribution in [0.3, 0.4) is 0 Å². The quantitative estimate of drug-likeness (QED) is 0.710. The smallest absolute Gasteiger partial charge is 0.00258 e. The number of hydrogen-bond donors (Lipinski definition) is 1. The van der Waals surface area contributed by atoms with Gasteiger partial charge in [-0.1, -0.05) is 44.5 Å². The molecule has 1 aromatic carbocycles. The Morgan fingerprint density at radius 2 is 2.05 bits per heavy atom. The highest BCUT2D eigenvalue weighted by Gasteiger charge is 2.18. The van der Waals surface area contributed by atoms with Gasteiger partial charge in [-0.2, -0.15) is 0 Å². The second-order valence-corrected chi connectivity index (χ2v) is 6.38. The molecule has 0 amide bonds. The Labute approximate surface area is 118 Å². The fraction of sp³-hybridized carbons (Fsp3) is 0.667. The van der Waals surface area contributed by atoms with Crippen LogP contribution in [0.5, 0.6) is 0 Å². The van der Waals surface area contributed by atoms with Crippen LogP contribution in [0.4, 0.5) is 0 Å². The number of nitrogens with one attached hydrogen (secondary N) is 1. The van der Waals surface area contributed by atoms with Gasteiger partial charge in [-0.15, -0.1) is 0 Å². The molecule has 1 nitrogen and oxygen atoms in total. The predicted molar refractivity (Wildman–Crippen MR) is 83.7 cm³/mol. The van der Waals surface area contributed by atoms with Gasteiger partial charge in [0, 0.05) is 0 Å². The second-order valence-electron chi connectivity index (χ2n) is 6.38. The maximum Gasteiger partial charge on any atom is -0.00258 e. The third kappa shape index (κ3) is 4.65. The van der Waals surface area contributed by atoms with Crippen molar-refractivity contribution in [1.82, 2.24) is 5.32 Å². The van der Waals surface area contributed by atoms with Gasteiger partial charge < -0.3 is 5.32 Å². The first-order valence-corrected chi connectivity index (χ1v) is 8.06. The summed E-state index contributed by atoms with van der Waals surface area (Å²) in [5, 5.41) is 3.54. The fourth-order valence-electron chi connectivity index (χ4n) is 3.19. The van der Waals surface area contributed by atoms with Crippen LogP contribution < -0.4 is 5.32 Å². The van der Waals surface area contributed by atoms with E-state index in [1.165, 1.54) is 45.1 Å². The number of rotatable bonds is 7. The normalized spacial score (nSPS) is 18.6. The van der Waals surface area contributed by atoms with E-state index in [4.69, 9.17) is 0 Å². The predicted octanol–water partition coefficient (Wildman–Crippen LogP) is 4.52. The lowest BCUT2D eigenvalue weighted by atomic mass is 9.80. The monoisotopic (exact) mass is 259 g/mol. The number of hydrogen-bond acceptors (Lipinski definition) is 1. The maximum atomic E-state index is 3.54.